The minimum atomic E-state index is -0.335. The van der Waals surface area contributed by atoms with E-state index in [-0.39, 0.29) is 11.9 Å². The minimum Gasteiger partial charge on any atom is -0.497 e. The normalized spacial score (nSPS) is 11.2. The van der Waals surface area contributed by atoms with Gasteiger partial charge in [-0.25, -0.2) is 0 Å². The number of nitrogens with zero attached hydrogens (tertiary/aromatic N) is 1. The second-order valence-corrected chi connectivity index (χ2v) is 5.79. The smallest absolute Gasteiger partial charge is 0.242 e. The number of benzene rings is 2. The topological polar surface area (TPSA) is 74.2 Å². The van der Waals surface area contributed by atoms with E-state index < -0.39 is 0 Å². The van der Waals surface area contributed by atoms with E-state index in [9.17, 15) is 4.79 Å². The largest absolute Gasteiger partial charge is 0.497 e. The zero-order chi connectivity index (χ0) is 18.1. The number of carbonyl (C=O) groups excluding carboxylic acids is 1. The molecule has 0 aliphatic carbocycles. The Bertz CT molecular complexity index is 718. The Morgan fingerprint density at radius 2 is 1.76 bits per heavy atom. The molecule has 1 atom stereocenters. The van der Waals surface area contributed by atoms with E-state index >= 15 is 0 Å². The molecule has 0 aliphatic rings. The van der Waals surface area contributed by atoms with Crippen LogP contribution in [0.3, 0.4) is 0 Å². The molecule has 0 heterocycles. The van der Waals surface area contributed by atoms with Crippen molar-refractivity contribution >= 4 is 11.6 Å². The lowest BCUT2D eigenvalue weighted by Gasteiger charge is -2.15. The molecular weight excluding hydrogens is 314 g/mol. The van der Waals surface area contributed by atoms with Gasteiger partial charge in [0.2, 0.25) is 5.91 Å². The number of hydrogen-bond acceptors (Lipinski definition) is 4. The number of anilines is 1. The summed E-state index contributed by atoms with van der Waals surface area (Å²) in [6, 6.07) is 17.1. The lowest BCUT2D eigenvalue weighted by Crippen LogP contribution is -2.38. The van der Waals surface area contributed by atoms with E-state index in [2.05, 4.69) is 16.7 Å². The van der Waals surface area contributed by atoms with Gasteiger partial charge in [0.15, 0.2) is 0 Å². The number of amides is 1. The van der Waals surface area contributed by atoms with Crippen molar-refractivity contribution in [2.75, 3.05) is 19.0 Å². The molecular formula is C20H23N3O2. The van der Waals surface area contributed by atoms with Crippen molar-refractivity contribution in [2.45, 2.75) is 25.8 Å². The van der Waals surface area contributed by atoms with Crippen molar-refractivity contribution in [1.82, 2.24) is 5.32 Å². The number of nitrogens with one attached hydrogen (secondary N) is 2. The van der Waals surface area contributed by atoms with Crippen LogP contribution in [0.4, 0.5) is 5.69 Å². The van der Waals surface area contributed by atoms with Crippen LogP contribution in [0, 0.1) is 11.3 Å². The highest BCUT2D eigenvalue weighted by atomic mass is 16.5. The van der Waals surface area contributed by atoms with Crippen molar-refractivity contribution in [3.8, 4) is 11.8 Å². The van der Waals surface area contributed by atoms with Crippen LogP contribution in [0.1, 0.15) is 18.1 Å². The Morgan fingerprint density at radius 3 is 2.36 bits per heavy atom. The monoisotopic (exact) mass is 337 g/mol. The van der Waals surface area contributed by atoms with E-state index in [0.29, 0.717) is 13.0 Å². The maximum atomic E-state index is 12.2. The van der Waals surface area contributed by atoms with E-state index in [1.807, 2.05) is 55.5 Å². The number of hydrogen-bond donors (Lipinski definition) is 2. The first-order valence-electron chi connectivity index (χ1n) is 8.25. The van der Waals surface area contributed by atoms with Gasteiger partial charge in [0.1, 0.15) is 11.8 Å². The van der Waals surface area contributed by atoms with Gasteiger partial charge in [0.05, 0.1) is 19.6 Å². The fourth-order valence-corrected chi connectivity index (χ4v) is 2.40. The number of rotatable bonds is 8. The van der Waals surface area contributed by atoms with Crippen LogP contribution >= 0.6 is 0 Å². The van der Waals surface area contributed by atoms with Crippen LogP contribution in [0.25, 0.3) is 0 Å². The van der Waals surface area contributed by atoms with E-state index in [4.69, 9.17) is 10.00 Å². The molecule has 1 unspecified atom stereocenters. The summed E-state index contributed by atoms with van der Waals surface area (Å²) in [5.74, 6) is 0.779. The molecule has 130 valence electrons. The molecule has 25 heavy (non-hydrogen) atoms. The van der Waals surface area contributed by atoms with Gasteiger partial charge in [-0.1, -0.05) is 24.3 Å². The molecule has 0 saturated carbocycles. The van der Waals surface area contributed by atoms with E-state index in [1.54, 1.807) is 7.11 Å². The average molecular weight is 337 g/mol. The van der Waals surface area contributed by atoms with Crippen molar-refractivity contribution in [2.24, 2.45) is 0 Å². The van der Waals surface area contributed by atoms with Gasteiger partial charge in [-0.2, -0.15) is 5.26 Å². The Balaban J connectivity index is 1.76. The first-order chi connectivity index (χ1) is 12.1. The Kier molecular flexibility index (Phi) is 6.85. The molecule has 2 rings (SSSR count). The highest BCUT2D eigenvalue weighted by molar-refractivity contribution is 5.84. The molecule has 5 nitrogen and oxygen atoms in total. The minimum absolute atomic E-state index is 0.0467. The first-order valence-corrected chi connectivity index (χ1v) is 8.25. The zero-order valence-corrected chi connectivity index (χ0v) is 14.6. The summed E-state index contributed by atoms with van der Waals surface area (Å²) < 4.78 is 5.13. The molecule has 0 saturated heterocycles. The van der Waals surface area contributed by atoms with Crippen molar-refractivity contribution in [1.29, 1.82) is 5.26 Å². The molecule has 0 spiro atoms. The van der Waals surface area contributed by atoms with Crippen LogP contribution in [-0.2, 0) is 17.6 Å². The fourth-order valence-electron chi connectivity index (χ4n) is 2.40. The summed E-state index contributed by atoms with van der Waals surface area (Å²) in [7, 11) is 1.64. The number of nitriles is 1. The quantitative estimate of drug-likeness (QED) is 0.777. The fraction of sp³-hybridized carbons (Fsp3) is 0.300. The van der Waals surface area contributed by atoms with E-state index in [0.717, 1.165) is 29.0 Å². The van der Waals surface area contributed by atoms with Gasteiger partial charge in [0.25, 0.3) is 0 Å². The third kappa shape index (κ3) is 5.85. The Hall–Kier alpha value is -3.00. The SMILES string of the molecule is COc1ccc(CCNC(=O)C(C)Nc2ccc(CC#N)cc2)cc1. The summed E-state index contributed by atoms with van der Waals surface area (Å²) in [6.45, 7) is 2.41. The lowest BCUT2D eigenvalue weighted by atomic mass is 10.1. The molecule has 0 radical (unpaired) electrons. The van der Waals surface area contributed by atoms with Crippen LogP contribution < -0.4 is 15.4 Å². The predicted molar refractivity (Wildman–Crippen MR) is 98.6 cm³/mol. The molecule has 0 aliphatic heterocycles. The summed E-state index contributed by atoms with van der Waals surface area (Å²) in [5.41, 5.74) is 2.97. The van der Waals surface area contributed by atoms with Gasteiger partial charge in [0, 0.05) is 12.2 Å². The second-order valence-electron chi connectivity index (χ2n) is 5.79. The molecule has 5 heteroatoms. The van der Waals surface area contributed by atoms with Crippen LogP contribution in [0.5, 0.6) is 5.75 Å². The van der Waals surface area contributed by atoms with Crippen LogP contribution in [-0.4, -0.2) is 25.6 Å². The number of ether oxygens (including phenoxy) is 1. The maximum absolute atomic E-state index is 12.2. The van der Waals surface area contributed by atoms with Crippen LogP contribution in [0.2, 0.25) is 0 Å². The maximum Gasteiger partial charge on any atom is 0.242 e. The molecule has 2 aromatic rings. The standard InChI is InChI=1S/C20H23N3O2/c1-15(23-18-7-3-16(4-8-18)11-13-21)20(24)22-14-12-17-5-9-19(25-2)10-6-17/h3-10,15,23H,11-12,14H2,1-2H3,(H,22,24). The molecule has 1 amide bonds. The van der Waals surface area contributed by atoms with Crippen molar-refractivity contribution in [3.05, 3.63) is 59.7 Å². The summed E-state index contributed by atoms with van der Waals surface area (Å²) >= 11 is 0. The van der Waals surface area contributed by atoms with Crippen molar-refractivity contribution < 1.29 is 9.53 Å². The van der Waals surface area contributed by atoms with Gasteiger partial charge < -0.3 is 15.4 Å². The lowest BCUT2D eigenvalue weighted by molar-refractivity contribution is -0.121. The molecule has 2 aromatic carbocycles. The molecule has 2 N–H and O–H groups in total. The van der Waals surface area contributed by atoms with Gasteiger partial charge in [-0.15, -0.1) is 0 Å². The third-order valence-electron chi connectivity index (χ3n) is 3.89. The summed E-state index contributed by atoms with van der Waals surface area (Å²) in [5, 5.41) is 14.8. The molecule has 0 fully saturated rings. The molecule has 0 aromatic heterocycles. The summed E-state index contributed by atoms with van der Waals surface area (Å²) in [4.78, 5) is 12.2. The first kappa shape index (κ1) is 18.3. The summed E-state index contributed by atoms with van der Waals surface area (Å²) in [6.07, 6.45) is 1.16. The van der Waals surface area contributed by atoms with Gasteiger partial charge >= 0.3 is 0 Å². The highest BCUT2D eigenvalue weighted by Crippen LogP contribution is 2.12. The molecule has 0 bridgehead atoms. The Morgan fingerprint density at radius 1 is 1.12 bits per heavy atom. The van der Waals surface area contributed by atoms with E-state index in [1.165, 1.54) is 0 Å². The zero-order valence-electron chi connectivity index (χ0n) is 14.6. The second kappa shape index (κ2) is 9.33. The predicted octanol–water partition coefficient (Wildman–Crippen LogP) is 2.92. The average Bonchev–Trinajstić information content (AvgIpc) is 2.64. The van der Waals surface area contributed by atoms with Crippen LogP contribution in [0.15, 0.2) is 48.5 Å². The van der Waals surface area contributed by atoms with Gasteiger partial charge in [-0.05, 0) is 48.7 Å². The van der Waals surface area contributed by atoms with Gasteiger partial charge in [-0.3, -0.25) is 4.79 Å². The third-order valence-corrected chi connectivity index (χ3v) is 3.89. The highest BCUT2D eigenvalue weighted by Gasteiger charge is 2.11. The number of methoxy groups -OCH3 is 1. The van der Waals surface area contributed by atoms with Crippen molar-refractivity contribution in [3.63, 3.8) is 0 Å². The number of carbonyl (C=O) groups is 1. The Labute approximate surface area is 148 Å².